The third kappa shape index (κ3) is 5.11. The van der Waals surface area contributed by atoms with Crippen molar-refractivity contribution in [1.82, 2.24) is 14.9 Å². The maximum atomic E-state index is 12.9. The molecule has 2 N–H and O–H groups in total. The number of rotatable bonds is 7. The second kappa shape index (κ2) is 9.89. The summed E-state index contributed by atoms with van der Waals surface area (Å²) in [4.78, 5) is 30.2. The highest BCUT2D eigenvalue weighted by Gasteiger charge is 2.16. The average molecular weight is 471 g/mol. The number of aryl methyl sites for hydroxylation is 1. The molecule has 2 heterocycles. The number of anilines is 1. The number of amides is 2. The SMILES string of the molecule is Cc1cccc(C(=O)NCCc2nc3ccccc3n2CC(=O)Nc2ccc3c(c2)OCCO3)c1. The molecule has 0 saturated carbocycles. The number of carbonyl (C=O) groups excluding carboxylic acids is 2. The summed E-state index contributed by atoms with van der Waals surface area (Å²) in [6.07, 6.45) is 0.490. The van der Waals surface area contributed by atoms with Gasteiger partial charge in [-0.1, -0.05) is 29.8 Å². The highest BCUT2D eigenvalue weighted by Crippen LogP contribution is 2.32. The van der Waals surface area contributed by atoms with E-state index in [2.05, 4.69) is 10.6 Å². The van der Waals surface area contributed by atoms with Crippen molar-refractivity contribution >= 4 is 28.5 Å². The number of nitrogens with zero attached hydrogens (tertiary/aromatic N) is 2. The Morgan fingerprint density at radius 2 is 1.80 bits per heavy atom. The molecule has 0 fully saturated rings. The Morgan fingerprint density at radius 1 is 0.971 bits per heavy atom. The van der Waals surface area contributed by atoms with Crippen molar-refractivity contribution in [3.8, 4) is 11.5 Å². The van der Waals surface area contributed by atoms with E-state index < -0.39 is 0 Å². The van der Waals surface area contributed by atoms with Gasteiger partial charge in [0.15, 0.2) is 11.5 Å². The molecule has 0 atom stereocenters. The number of fused-ring (bicyclic) bond motifs is 2. The van der Waals surface area contributed by atoms with E-state index in [1.54, 1.807) is 24.3 Å². The quantitative estimate of drug-likeness (QED) is 0.429. The van der Waals surface area contributed by atoms with Gasteiger partial charge in [0.25, 0.3) is 5.91 Å². The second-order valence-corrected chi connectivity index (χ2v) is 8.38. The number of carbonyl (C=O) groups is 2. The predicted octanol–water partition coefficient (Wildman–Crippen LogP) is 3.73. The number of hydrogen-bond donors (Lipinski definition) is 2. The Hall–Kier alpha value is -4.33. The molecule has 0 bridgehead atoms. The van der Waals surface area contributed by atoms with Crippen molar-refractivity contribution in [2.45, 2.75) is 19.9 Å². The minimum Gasteiger partial charge on any atom is -0.486 e. The summed E-state index contributed by atoms with van der Waals surface area (Å²) >= 11 is 0. The lowest BCUT2D eigenvalue weighted by atomic mass is 10.1. The molecule has 4 aromatic rings. The smallest absolute Gasteiger partial charge is 0.251 e. The van der Waals surface area contributed by atoms with Crippen LogP contribution in [0.2, 0.25) is 0 Å². The summed E-state index contributed by atoms with van der Waals surface area (Å²) in [6.45, 7) is 3.45. The zero-order chi connectivity index (χ0) is 24.2. The molecule has 0 radical (unpaired) electrons. The van der Waals surface area contributed by atoms with Crippen LogP contribution in [0.15, 0.2) is 66.7 Å². The molecule has 3 aromatic carbocycles. The second-order valence-electron chi connectivity index (χ2n) is 8.38. The van der Waals surface area contributed by atoms with E-state index in [0.29, 0.717) is 48.9 Å². The van der Waals surface area contributed by atoms with Gasteiger partial charge in [0.1, 0.15) is 25.6 Å². The molecule has 8 nitrogen and oxygen atoms in total. The molecule has 1 aliphatic rings. The molecule has 178 valence electrons. The Bertz CT molecular complexity index is 1400. The summed E-state index contributed by atoms with van der Waals surface area (Å²) < 4.78 is 13.0. The fourth-order valence-electron chi connectivity index (χ4n) is 4.13. The molecule has 2 amide bonds. The van der Waals surface area contributed by atoms with E-state index in [1.165, 1.54) is 0 Å². The van der Waals surface area contributed by atoms with Crippen LogP contribution in [-0.4, -0.2) is 41.1 Å². The fraction of sp³-hybridized carbons (Fsp3) is 0.222. The number of imidazole rings is 1. The summed E-state index contributed by atoms with van der Waals surface area (Å²) in [6, 6.07) is 20.5. The van der Waals surface area contributed by atoms with Crippen molar-refractivity contribution in [1.29, 1.82) is 0 Å². The molecular weight excluding hydrogens is 444 g/mol. The lowest BCUT2D eigenvalue weighted by Gasteiger charge is -2.19. The number of benzene rings is 3. The van der Waals surface area contributed by atoms with E-state index in [-0.39, 0.29) is 18.4 Å². The van der Waals surface area contributed by atoms with Crippen LogP contribution in [-0.2, 0) is 17.8 Å². The normalized spacial score (nSPS) is 12.4. The Labute approximate surface area is 202 Å². The van der Waals surface area contributed by atoms with E-state index in [9.17, 15) is 9.59 Å². The Kier molecular flexibility index (Phi) is 6.34. The first-order valence-corrected chi connectivity index (χ1v) is 11.6. The van der Waals surface area contributed by atoms with Crippen molar-refractivity contribution in [2.75, 3.05) is 25.1 Å². The lowest BCUT2D eigenvalue weighted by Crippen LogP contribution is -2.27. The van der Waals surface area contributed by atoms with E-state index in [0.717, 1.165) is 22.4 Å². The number of ether oxygens (including phenoxy) is 2. The molecular formula is C27H26N4O4. The number of hydrogen-bond acceptors (Lipinski definition) is 5. The van der Waals surface area contributed by atoms with Gasteiger partial charge in [-0.05, 0) is 43.3 Å². The standard InChI is InChI=1S/C27H26N4O4/c1-18-5-4-6-19(15-18)27(33)28-12-11-25-30-21-7-2-3-8-22(21)31(25)17-26(32)29-20-9-10-23-24(16-20)35-14-13-34-23/h2-10,15-16H,11-14,17H2,1H3,(H,28,33)(H,29,32). The van der Waals surface area contributed by atoms with Crippen molar-refractivity contribution in [2.24, 2.45) is 0 Å². The summed E-state index contributed by atoms with van der Waals surface area (Å²) in [5.74, 6) is 1.70. The lowest BCUT2D eigenvalue weighted by molar-refractivity contribution is -0.116. The van der Waals surface area contributed by atoms with Crippen molar-refractivity contribution < 1.29 is 19.1 Å². The van der Waals surface area contributed by atoms with Crippen molar-refractivity contribution in [3.63, 3.8) is 0 Å². The van der Waals surface area contributed by atoms with Gasteiger partial charge in [0.05, 0.1) is 11.0 Å². The van der Waals surface area contributed by atoms with E-state index in [1.807, 2.05) is 54.0 Å². The van der Waals surface area contributed by atoms with Crippen LogP contribution < -0.4 is 20.1 Å². The highest BCUT2D eigenvalue weighted by atomic mass is 16.6. The van der Waals surface area contributed by atoms with Crippen LogP contribution in [0.3, 0.4) is 0 Å². The predicted molar refractivity (Wildman–Crippen MR) is 133 cm³/mol. The first-order chi connectivity index (χ1) is 17.1. The summed E-state index contributed by atoms with van der Waals surface area (Å²) in [7, 11) is 0. The largest absolute Gasteiger partial charge is 0.486 e. The third-order valence-corrected chi connectivity index (χ3v) is 5.78. The molecule has 5 rings (SSSR count). The molecule has 0 aliphatic carbocycles. The molecule has 0 unspecified atom stereocenters. The molecule has 35 heavy (non-hydrogen) atoms. The van der Waals surface area contributed by atoms with E-state index in [4.69, 9.17) is 14.5 Å². The average Bonchev–Trinajstić information content (AvgIpc) is 3.21. The van der Waals surface area contributed by atoms with Crippen LogP contribution in [0.25, 0.3) is 11.0 Å². The maximum absolute atomic E-state index is 12.9. The van der Waals surface area contributed by atoms with Crippen LogP contribution in [0.4, 0.5) is 5.69 Å². The summed E-state index contributed by atoms with van der Waals surface area (Å²) in [5.41, 5.74) is 3.96. The maximum Gasteiger partial charge on any atom is 0.251 e. The topological polar surface area (TPSA) is 94.5 Å². The first kappa shape index (κ1) is 22.5. The Balaban J connectivity index is 1.28. The first-order valence-electron chi connectivity index (χ1n) is 11.6. The zero-order valence-corrected chi connectivity index (χ0v) is 19.4. The highest BCUT2D eigenvalue weighted by molar-refractivity contribution is 5.94. The zero-order valence-electron chi connectivity index (χ0n) is 19.4. The van der Waals surface area contributed by atoms with Gasteiger partial charge in [-0.15, -0.1) is 0 Å². The molecule has 1 aliphatic heterocycles. The molecule has 0 spiro atoms. The van der Waals surface area contributed by atoms with Crippen molar-refractivity contribution in [3.05, 3.63) is 83.7 Å². The molecule has 1 aromatic heterocycles. The van der Waals surface area contributed by atoms with Gasteiger partial charge in [0, 0.05) is 30.3 Å². The van der Waals surface area contributed by atoms with Crippen LogP contribution >= 0.6 is 0 Å². The van der Waals surface area contributed by atoms with Gasteiger partial charge in [-0.2, -0.15) is 0 Å². The number of para-hydroxylation sites is 2. The monoisotopic (exact) mass is 470 g/mol. The van der Waals surface area contributed by atoms with Gasteiger partial charge in [-0.3, -0.25) is 9.59 Å². The minimum atomic E-state index is -0.185. The van der Waals surface area contributed by atoms with Crippen LogP contribution in [0, 0.1) is 6.92 Å². The van der Waals surface area contributed by atoms with Gasteiger partial charge >= 0.3 is 0 Å². The minimum absolute atomic E-state index is 0.0934. The van der Waals surface area contributed by atoms with E-state index >= 15 is 0 Å². The van der Waals surface area contributed by atoms with Gasteiger partial charge in [-0.25, -0.2) is 4.98 Å². The number of aromatic nitrogens is 2. The van der Waals surface area contributed by atoms with Crippen LogP contribution in [0.1, 0.15) is 21.7 Å². The van der Waals surface area contributed by atoms with Gasteiger partial charge in [0.2, 0.25) is 5.91 Å². The third-order valence-electron chi connectivity index (χ3n) is 5.78. The van der Waals surface area contributed by atoms with Gasteiger partial charge < -0.3 is 24.7 Å². The number of nitrogens with one attached hydrogen (secondary N) is 2. The molecule has 8 heteroatoms. The molecule has 0 saturated heterocycles. The summed E-state index contributed by atoms with van der Waals surface area (Å²) in [5, 5.41) is 5.88. The fourth-order valence-corrected chi connectivity index (χ4v) is 4.13. The van der Waals surface area contributed by atoms with Crippen LogP contribution in [0.5, 0.6) is 11.5 Å². The Morgan fingerprint density at radius 3 is 2.66 bits per heavy atom.